The number of amides is 1. The van der Waals surface area contributed by atoms with Gasteiger partial charge in [-0.15, -0.1) is 0 Å². The second kappa shape index (κ2) is 8.06. The SMILES string of the molecule is Cc1cc(-c2cnc(N3CCC(NC(=O)c4ccc5c(c4)OCO5)CC3)nc2C2CC2)on1. The van der Waals surface area contributed by atoms with Gasteiger partial charge in [0.25, 0.3) is 5.91 Å². The third-order valence-electron chi connectivity index (χ3n) is 6.41. The average Bonchev–Trinajstić information content (AvgIpc) is 3.42. The number of carbonyl (C=O) groups is 1. The molecule has 3 aromatic rings. The topological polar surface area (TPSA) is 103 Å². The van der Waals surface area contributed by atoms with Crippen LogP contribution in [0.2, 0.25) is 0 Å². The van der Waals surface area contributed by atoms with Gasteiger partial charge in [0.2, 0.25) is 12.7 Å². The van der Waals surface area contributed by atoms with E-state index in [0.29, 0.717) is 23.0 Å². The minimum atomic E-state index is -0.0919. The lowest BCUT2D eigenvalue weighted by Crippen LogP contribution is -2.45. The summed E-state index contributed by atoms with van der Waals surface area (Å²) in [6, 6.07) is 7.32. The summed E-state index contributed by atoms with van der Waals surface area (Å²) in [4.78, 5) is 24.5. The third-order valence-corrected chi connectivity index (χ3v) is 6.41. The van der Waals surface area contributed by atoms with Gasteiger partial charge in [-0.3, -0.25) is 4.79 Å². The molecule has 0 radical (unpaired) electrons. The van der Waals surface area contributed by atoms with E-state index in [2.05, 4.69) is 20.4 Å². The van der Waals surface area contributed by atoms with Gasteiger partial charge in [0.15, 0.2) is 17.3 Å². The van der Waals surface area contributed by atoms with Crippen molar-refractivity contribution in [1.29, 1.82) is 0 Å². The first kappa shape index (κ1) is 20.0. The van der Waals surface area contributed by atoms with E-state index in [1.54, 1.807) is 18.2 Å². The number of nitrogens with zero attached hydrogens (tertiary/aromatic N) is 4. The van der Waals surface area contributed by atoms with Crippen molar-refractivity contribution in [2.24, 2.45) is 0 Å². The van der Waals surface area contributed by atoms with Gasteiger partial charge in [-0.2, -0.15) is 0 Å². The Morgan fingerprint density at radius 2 is 1.91 bits per heavy atom. The monoisotopic (exact) mass is 447 g/mol. The van der Waals surface area contributed by atoms with E-state index in [4.69, 9.17) is 19.0 Å². The highest BCUT2D eigenvalue weighted by Gasteiger charge is 2.31. The molecule has 2 aromatic heterocycles. The third kappa shape index (κ3) is 3.99. The number of nitrogens with one attached hydrogen (secondary N) is 1. The molecule has 1 aromatic carbocycles. The number of rotatable bonds is 5. The van der Waals surface area contributed by atoms with Gasteiger partial charge in [0.1, 0.15) is 0 Å². The van der Waals surface area contributed by atoms with Gasteiger partial charge >= 0.3 is 0 Å². The first-order chi connectivity index (χ1) is 16.1. The van der Waals surface area contributed by atoms with Crippen LogP contribution in [0.25, 0.3) is 11.3 Å². The van der Waals surface area contributed by atoms with Crippen molar-refractivity contribution in [3.8, 4) is 22.8 Å². The lowest BCUT2D eigenvalue weighted by atomic mass is 10.0. The minimum absolute atomic E-state index is 0.0919. The Bertz CT molecular complexity index is 1200. The van der Waals surface area contributed by atoms with E-state index in [9.17, 15) is 4.79 Å². The van der Waals surface area contributed by atoms with Crippen molar-refractivity contribution in [1.82, 2.24) is 20.4 Å². The van der Waals surface area contributed by atoms with E-state index in [1.165, 1.54) is 0 Å². The molecule has 0 spiro atoms. The molecule has 1 aliphatic carbocycles. The number of fused-ring (bicyclic) bond motifs is 1. The molecule has 1 saturated heterocycles. The highest BCUT2D eigenvalue weighted by molar-refractivity contribution is 5.95. The molecule has 0 unspecified atom stereocenters. The lowest BCUT2D eigenvalue weighted by molar-refractivity contribution is 0.0930. The molecule has 0 atom stereocenters. The van der Waals surface area contributed by atoms with Crippen LogP contribution in [-0.2, 0) is 0 Å². The normalized spacial score (nSPS) is 17.9. The molecular weight excluding hydrogens is 422 g/mol. The zero-order valence-electron chi connectivity index (χ0n) is 18.4. The number of hydrogen-bond donors (Lipinski definition) is 1. The fourth-order valence-electron chi connectivity index (χ4n) is 4.42. The van der Waals surface area contributed by atoms with E-state index in [0.717, 1.165) is 67.4 Å². The highest BCUT2D eigenvalue weighted by Crippen LogP contribution is 2.43. The van der Waals surface area contributed by atoms with Crippen molar-refractivity contribution < 1.29 is 18.8 Å². The van der Waals surface area contributed by atoms with Crippen LogP contribution < -0.4 is 19.7 Å². The van der Waals surface area contributed by atoms with Crippen molar-refractivity contribution in [2.45, 2.75) is 44.6 Å². The van der Waals surface area contributed by atoms with Gasteiger partial charge in [-0.25, -0.2) is 9.97 Å². The summed E-state index contributed by atoms with van der Waals surface area (Å²) in [6.07, 6.45) is 5.82. The predicted octanol–water partition coefficient (Wildman–Crippen LogP) is 3.44. The van der Waals surface area contributed by atoms with Crippen LogP contribution in [0.15, 0.2) is 35.0 Å². The second-order valence-corrected chi connectivity index (χ2v) is 8.88. The number of aryl methyl sites for hydroxylation is 1. The Morgan fingerprint density at radius 1 is 1.09 bits per heavy atom. The first-order valence-electron chi connectivity index (χ1n) is 11.4. The fourth-order valence-corrected chi connectivity index (χ4v) is 4.42. The van der Waals surface area contributed by atoms with Crippen LogP contribution in [0.1, 0.15) is 53.3 Å². The number of aromatic nitrogens is 3. The summed E-state index contributed by atoms with van der Waals surface area (Å²) in [5.41, 5.74) is 3.42. The summed E-state index contributed by atoms with van der Waals surface area (Å²) >= 11 is 0. The molecule has 1 saturated carbocycles. The van der Waals surface area contributed by atoms with Crippen LogP contribution >= 0.6 is 0 Å². The molecule has 33 heavy (non-hydrogen) atoms. The molecule has 3 aliphatic rings. The molecule has 4 heterocycles. The van der Waals surface area contributed by atoms with E-state index in [-0.39, 0.29) is 18.7 Å². The Hall–Kier alpha value is -3.62. The van der Waals surface area contributed by atoms with E-state index in [1.807, 2.05) is 19.2 Å². The summed E-state index contributed by atoms with van der Waals surface area (Å²) in [6.45, 7) is 3.69. The maximum Gasteiger partial charge on any atom is 0.251 e. The maximum absolute atomic E-state index is 12.7. The van der Waals surface area contributed by atoms with Gasteiger partial charge < -0.3 is 24.2 Å². The van der Waals surface area contributed by atoms with Gasteiger partial charge in [-0.05, 0) is 50.8 Å². The zero-order valence-corrected chi connectivity index (χ0v) is 18.4. The summed E-state index contributed by atoms with van der Waals surface area (Å²) < 4.78 is 16.2. The highest BCUT2D eigenvalue weighted by atomic mass is 16.7. The van der Waals surface area contributed by atoms with Gasteiger partial charge in [-0.1, -0.05) is 5.16 Å². The molecule has 6 rings (SSSR count). The number of carbonyl (C=O) groups excluding carboxylic acids is 1. The van der Waals surface area contributed by atoms with E-state index >= 15 is 0 Å². The maximum atomic E-state index is 12.7. The van der Waals surface area contributed by atoms with Crippen molar-refractivity contribution in [3.63, 3.8) is 0 Å². The fraction of sp³-hybridized carbons (Fsp3) is 0.417. The summed E-state index contributed by atoms with van der Waals surface area (Å²) in [7, 11) is 0. The number of hydrogen-bond acceptors (Lipinski definition) is 8. The molecule has 2 aliphatic heterocycles. The molecular formula is C24H25N5O4. The average molecular weight is 447 g/mol. The smallest absolute Gasteiger partial charge is 0.251 e. The molecule has 2 fully saturated rings. The van der Waals surface area contributed by atoms with Crippen LogP contribution in [0.3, 0.4) is 0 Å². The predicted molar refractivity (Wildman–Crippen MR) is 120 cm³/mol. The Balaban J connectivity index is 1.11. The lowest BCUT2D eigenvalue weighted by Gasteiger charge is -2.32. The number of ether oxygens (including phenoxy) is 2. The molecule has 0 bridgehead atoms. The van der Waals surface area contributed by atoms with Crippen LogP contribution in [-0.4, -0.2) is 47.0 Å². The zero-order chi connectivity index (χ0) is 22.4. The van der Waals surface area contributed by atoms with Crippen LogP contribution in [0, 0.1) is 6.92 Å². The Labute approximate surface area is 191 Å². The van der Waals surface area contributed by atoms with Gasteiger partial charge in [0.05, 0.1) is 17.0 Å². The molecule has 1 N–H and O–H groups in total. The minimum Gasteiger partial charge on any atom is -0.454 e. The summed E-state index contributed by atoms with van der Waals surface area (Å²) in [5.74, 6) is 3.14. The number of piperidine rings is 1. The Kier molecular flexibility index (Phi) is 4.89. The molecule has 9 heteroatoms. The van der Waals surface area contributed by atoms with Crippen molar-refractivity contribution in [3.05, 3.63) is 47.4 Å². The van der Waals surface area contributed by atoms with Gasteiger partial charge in [0, 0.05) is 42.9 Å². The molecule has 9 nitrogen and oxygen atoms in total. The largest absolute Gasteiger partial charge is 0.454 e. The van der Waals surface area contributed by atoms with Crippen molar-refractivity contribution >= 4 is 11.9 Å². The van der Waals surface area contributed by atoms with Crippen LogP contribution in [0.4, 0.5) is 5.95 Å². The van der Waals surface area contributed by atoms with Crippen molar-refractivity contribution in [2.75, 3.05) is 24.8 Å². The number of benzene rings is 1. The first-order valence-corrected chi connectivity index (χ1v) is 11.4. The van der Waals surface area contributed by atoms with Crippen LogP contribution in [0.5, 0.6) is 11.5 Å². The standard InChI is InChI=1S/C24H25N5O4/c1-14-10-20(33-28-14)18-12-25-24(27-22(18)15-2-3-15)29-8-6-17(7-9-29)26-23(30)16-4-5-19-21(11-16)32-13-31-19/h4-5,10-12,15,17H,2-3,6-9,13H2,1H3,(H,26,30). The summed E-state index contributed by atoms with van der Waals surface area (Å²) in [5, 5.41) is 7.16. The van der Waals surface area contributed by atoms with E-state index < -0.39 is 0 Å². The molecule has 1 amide bonds. The Morgan fingerprint density at radius 3 is 2.67 bits per heavy atom. The second-order valence-electron chi connectivity index (χ2n) is 8.88. The number of anilines is 1. The quantitative estimate of drug-likeness (QED) is 0.635. The molecule has 170 valence electrons.